The molecule has 216 valence electrons. The molecule has 0 aromatic heterocycles. The number of carbonyl (C=O) groups excluding carboxylic acids is 2. The summed E-state index contributed by atoms with van der Waals surface area (Å²) in [5, 5.41) is 5.84. The van der Waals surface area contributed by atoms with E-state index in [0.717, 1.165) is 11.1 Å². The molecule has 0 atom stereocenters. The third kappa shape index (κ3) is 7.30. The van der Waals surface area contributed by atoms with E-state index in [1.807, 2.05) is 48.5 Å². The van der Waals surface area contributed by atoms with Gasteiger partial charge in [-0.25, -0.2) is 8.42 Å². The molecule has 0 radical (unpaired) electrons. The minimum Gasteiger partial charge on any atom is -0.352 e. The van der Waals surface area contributed by atoms with E-state index in [-0.39, 0.29) is 11.8 Å². The van der Waals surface area contributed by atoms with Crippen LogP contribution in [0.3, 0.4) is 0 Å². The zero-order valence-corrected chi connectivity index (χ0v) is 24.1. The summed E-state index contributed by atoms with van der Waals surface area (Å²) in [5.74, 6) is -0.552. The van der Waals surface area contributed by atoms with Gasteiger partial charge < -0.3 is 10.6 Å². The Morgan fingerprint density at radius 1 is 0.690 bits per heavy atom. The third-order valence-corrected chi connectivity index (χ3v) is 9.18. The van der Waals surface area contributed by atoms with Gasteiger partial charge in [0, 0.05) is 44.8 Å². The Labute approximate surface area is 247 Å². The number of sulfonamides is 1. The van der Waals surface area contributed by atoms with Crippen molar-refractivity contribution in [3.63, 3.8) is 0 Å². The number of nitrogens with zero attached hydrogens (tertiary/aromatic N) is 2. The second kappa shape index (κ2) is 13.6. The van der Waals surface area contributed by atoms with E-state index in [4.69, 9.17) is 0 Å². The lowest BCUT2D eigenvalue weighted by Crippen LogP contribution is -2.48. The molecule has 1 saturated heterocycles. The third-order valence-electron chi connectivity index (χ3n) is 7.27. The smallest absolute Gasteiger partial charge is 0.255 e. The van der Waals surface area contributed by atoms with E-state index < -0.39 is 10.0 Å². The van der Waals surface area contributed by atoms with Gasteiger partial charge in [-0.2, -0.15) is 4.31 Å². The fourth-order valence-corrected chi connectivity index (χ4v) is 6.43. The van der Waals surface area contributed by atoms with Gasteiger partial charge in [0.1, 0.15) is 0 Å². The van der Waals surface area contributed by atoms with Crippen LogP contribution in [-0.4, -0.2) is 62.2 Å². The Kier molecular flexibility index (Phi) is 9.43. The van der Waals surface area contributed by atoms with Gasteiger partial charge in [-0.1, -0.05) is 72.8 Å². The van der Waals surface area contributed by atoms with Gasteiger partial charge in [0.25, 0.3) is 11.8 Å². The summed E-state index contributed by atoms with van der Waals surface area (Å²) in [6.45, 7) is 3.08. The summed E-state index contributed by atoms with van der Waals surface area (Å²) >= 11 is 0. The van der Waals surface area contributed by atoms with Crippen LogP contribution in [-0.2, 0) is 23.0 Å². The predicted octanol–water partition coefficient (Wildman–Crippen LogP) is 4.42. The standard InChI is InChI=1S/C33H34N4O4S/c38-32(35-31-17-8-7-16-30(31)33(39)34-19-18-26-10-3-1-4-11-26)28-13-9-12-27(24-28)25-36-20-22-37(23-21-36)42(40,41)29-14-5-2-6-15-29/h1-17,24H,18-23,25H2,(H,34,39)(H,35,38). The van der Waals surface area contributed by atoms with Crippen molar-refractivity contribution < 1.29 is 18.0 Å². The van der Waals surface area contributed by atoms with E-state index in [1.165, 1.54) is 4.31 Å². The first kappa shape index (κ1) is 29.2. The van der Waals surface area contributed by atoms with Gasteiger partial charge in [0.2, 0.25) is 10.0 Å². The molecule has 0 unspecified atom stereocenters. The van der Waals surface area contributed by atoms with Crippen LogP contribution in [0.25, 0.3) is 0 Å². The fourth-order valence-electron chi connectivity index (χ4n) is 4.98. The van der Waals surface area contributed by atoms with E-state index in [9.17, 15) is 18.0 Å². The van der Waals surface area contributed by atoms with Gasteiger partial charge in [0.05, 0.1) is 16.1 Å². The van der Waals surface area contributed by atoms with Crippen LogP contribution in [0.5, 0.6) is 0 Å². The molecular weight excluding hydrogens is 548 g/mol. The number of anilines is 1. The molecule has 1 fully saturated rings. The van der Waals surface area contributed by atoms with Crippen LogP contribution in [0.2, 0.25) is 0 Å². The molecule has 1 heterocycles. The van der Waals surface area contributed by atoms with Crippen LogP contribution in [0.1, 0.15) is 31.8 Å². The number of amides is 2. The Balaban J connectivity index is 1.17. The van der Waals surface area contributed by atoms with Crippen molar-refractivity contribution in [2.45, 2.75) is 17.9 Å². The number of hydrogen-bond donors (Lipinski definition) is 2. The number of carbonyl (C=O) groups is 2. The maximum atomic E-state index is 13.2. The molecule has 0 bridgehead atoms. The van der Waals surface area contributed by atoms with Crippen LogP contribution in [0, 0.1) is 0 Å². The molecule has 4 aromatic rings. The van der Waals surface area contributed by atoms with Crippen molar-refractivity contribution in [2.75, 3.05) is 38.0 Å². The zero-order valence-electron chi connectivity index (χ0n) is 23.3. The highest BCUT2D eigenvalue weighted by Gasteiger charge is 2.28. The molecule has 42 heavy (non-hydrogen) atoms. The summed E-state index contributed by atoms with van der Waals surface area (Å²) in [5.41, 5.74) is 3.42. The monoisotopic (exact) mass is 582 g/mol. The number of para-hydroxylation sites is 1. The number of nitrogens with one attached hydrogen (secondary N) is 2. The van der Waals surface area contributed by atoms with E-state index in [2.05, 4.69) is 15.5 Å². The minimum absolute atomic E-state index is 0.246. The molecule has 0 aliphatic carbocycles. The zero-order chi connectivity index (χ0) is 29.4. The summed E-state index contributed by atoms with van der Waals surface area (Å²) in [6.07, 6.45) is 0.714. The first-order valence-electron chi connectivity index (χ1n) is 14.0. The second-order valence-corrected chi connectivity index (χ2v) is 12.1. The van der Waals surface area contributed by atoms with Gasteiger partial charge in [-0.3, -0.25) is 14.5 Å². The van der Waals surface area contributed by atoms with Crippen molar-refractivity contribution in [3.05, 3.63) is 131 Å². The predicted molar refractivity (Wildman–Crippen MR) is 164 cm³/mol. The van der Waals surface area contributed by atoms with Crippen molar-refractivity contribution in [1.29, 1.82) is 0 Å². The minimum atomic E-state index is -3.51. The molecule has 4 aromatic carbocycles. The fraction of sp³-hybridized carbons (Fsp3) is 0.212. The van der Waals surface area contributed by atoms with E-state index in [1.54, 1.807) is 60.7 Å². The van der Waals surface area contributed by atoms with Crippen molar-refractivity contribution in [1.82, 2.24) is 14.5 Å². The Hall–Kier alpha value is -4.31. The van der Waals surface area contributed by atoms with Crippen molar-refractivity contribution in [2.24, 2.45) is 0 Å². The Bertz CT molecular complexity index is 1620. The first-order valence-corrected chi connectivity index (χ1v) is 15.4. The molecule has 2 amide bonds. The molecule has 1 aliphatic rings. The number of piperazine rings is 1. The van der Waals surface area contributed by atoms with Gasteiger partial charge >= 0.3 is 0 Å². The SMILES string of the molecule is O=C(Nc1ccccc1C(=O)NCCc1ccccc1)c1cccc(CN2CCN(S(=O)(=O)c3ccccc3)CC2)c1. The summed E-state index contributed by atoms with van der Waals surface area (Å²) in [7, 11) is -3.51. The summed E-state index contributed by atoms with van der Waals surface area (Å²) in [6, 6.07) is 32.8. The molecule has 1 aliphatic heterocycles. The maximum absolute atomic E-state index is 13.2. The molecule has 0 spiro atoms. The lowest BCUT2D eigenvalue weighted by atomic mass is 10.1. The average molecular weight is 583 g/mol. The van der Waals surface area contributed by atoms with Crippen molar-refractivity contribution >= 4 is 27.5 Å². The molecule has 9 heteroatoms. The average Bonchev–Trinajstić information content (AvgIpc) is 3.02. The van der Waals surface area contributed by atoms with Gasteiger partial charge in [-0.15, -0.1) is 0 Å². The molecule has 0 saturated carbocycles. The van der Waals surface area contributed by atoms with Crippen LogP contribution in [0.4, 0.5) is 5.69 Å². The van der Waals surface area contributed by atoms with Crippen LogP contribution in [0.15, 0.2) is 114 Å². The van der Waals surface area contributed by atoms with Gasteiger partial charge in [0.15, 0.2) is 0 Å². The molecular formula is C33H34N4O4S. The van der Waals surface area contributed by atoms with E-state index >= 15 is 0 Å². The highest BCUT2D eigenvalue weighted by Crippen LogP contribution is 2.20. The first-order chi connectivity index (χ1) is 20.4. The Morgan fingerprint density at radius 2 is 1.33 bits per heavy atom. The quantitative estimate of drug-likeness (QED) is 0.289. The topological polar surface area (TPSA) is 98.8 Å². The van der Waals surface area contributed by atoms with Gasteiger partial charge in [-0.05, 0) is 53.9 Å². The lowest BCUT2D eigenvalue weighted by molar-refractivity contribution is 0.0955. The van der Waals surface area contributed by atoms with E-state index in [0.29, 0.717) is 67.4 Å². The highest BCUT2D eigenvalue weighted by molar-refractivity contribution is 7.89. The number of rotatable bonds is 10. The number of benzene rings is 4. The summed E-state index contributed by atoms with van der Waals surface area (Å²) < 4.78 is 27.4. The normalized spacial score (nSPS) is 14.3. The second-order valence-electron chi connectivity index (χ2n) is 10.2. The lowest BCUT2D eigenvalue weighted by Gasteiger charge is -2.34. The molecule has 8 nitrogen and oxygen atoms in total. The van der Waals surface area contributed by atoms with Crippen molar-refractivity contribution in [3.8, 4) is 0 Å². The Morgan fingerprint density at radius 3 is 2.07 bits per heavy atom. The highest BCUT2D eigenvalue weighted by atomic mass is 32.2. The van der Waals surface area contributed by atoms with Crippen LogP contribution >= 0.6 is 0 Å². The van der Waals surface area contributed by atoms with Crippen LogP contribution < -0.4 is 10.6 Å². The molecule has 2 N–H and O–H groups in total. The molecule has 5 rings (SSSR count). The maximum Gasteiger partial charge on any atom is 0.255 e. The largest absolute Gasteiger partial charge is 0.352 e. The number of hydrogen-bond acceptors (Lipinski definition) is 5. The summed E-state index contributed by atoms with van der Waals surface area (Å²) in [4.78, 5) is 28.6.